The van der Waals surface area contributed by atoms with Crippen molar-refractivity contribution in [2.75, 3.05) is 16.4 Å². The second-order valence-corrected chi connectivity index (χ2v) is 10.3. The van der Waals surface area contributed by atoms with E-state index in [2.05, 4.69) is 27.6 Å². The Morgan fingerprint density at radius 1 is 1.28 bits per heavy atom. The molecule has 25 heavy (non-hydrogen) atoms. The number of para-hydroxylation sites is 1. The van der Waals surface area contributed by atoms with Crippen LogP contribution in [0.2, 0.25) is 0 Å². The Kier molecular flexibility index (Phi) is 5.40. The number of rotatable bonds is 4. The summed E-state index contributed by atoms with van der Waals surface area (Å²) in [7, 11) is -3.12. The summed E-state index contributed by atoms with van der Waals surface area (Å²) in [4.78, 5) is 28.5. The minimum Gasteiger partial charge on any atom is -0.481 e. The predicted molar refractivity (Wildman–Crippen MR) is 105 cm³/mol. The van der Waals surface area contributed by atoms with E-state index in [1.807, 2.05) is 29.2 Å². The highest BCUT2D eigenvalue weighted by Crippen LogP contribution is 2.42. The molecule has 2 heterocycles. The Hall–Kier alpha value is -1.14. The van der Waals surface area contributed by atoms with Gasteiger partial charge in [0.15, 0.2) is 15.0 Å². The van der Waals surface area contributed by atoms with Gasteiger partial charge in [-0.2, -0.15) is 4.99 Å². The summed E-state index contributed by atoms with van der Waals surface area (Å²) in [6, 6.07) is 7.24. The van der Waals surface area contributed by atoms with Crippen LogP contribution in [0.4, 0.5) is 5.69 Å². The number of carbonyl (C=O) groups is 2. The number of amidine groups is 1. The van der Waals surface area contributed by atoms with Gasteiger partial charge >= 0.3 is 5.97 Å². The van der Waals surface area contributed by atoms with Gasteiger partial charge in [-0.3, -0.25) is 9.59 Å². The lowest BCUT2D eigenvalue weighted by Gasteiger charge is -2.25. The standard InChI is InChI=1S/C15H15IN2O5S2/c16-9-3-1-2-4-10(9)18-11-7-25(22,23)8-12(11)24-15(18)17-13(19)5-6-14(20)21/h1-4,11-12H,5-8H2,(H,20,21)/t11-,12+/m1/s1. The van der Waals surface area contributed by atoms with Gasteiger partial charge in [0, 0.05) is 15.2 Å². The number of carboxylic acids is 1. The lowest BCUT2D eigenvalue weighted by Crippen LogP contribution is -2.38. The van der Waals surface area contributed by atoms with Crippen LogP contribution < -0.4 is 4.90 Å². The quantitative estimate of drug-likeness (QED) is 0.637. The number of anilines is 1. The zero-order valence-corrected chi connectivity index (χ0v) is 16.8. The van der Waals surface area contributed by atoms with Gasteiger partial charge in [-0.25, -0.2) is 8.42 Å². The molecule has 2 fully saturated rings. The number of halogens is 1. The van der Waals surface area contributed by atoms with Gasteiger partial charge in [0.05, 0.1) is 29.7 Å². The molecule has 0 unspecified atom stereocenters. The van der Waals surface area contributed by atoms with Crippen molar-refractivity contribution in [3.63, 3.8) is 0 Å². The summed E-state index contributed by atoms with van der Waals surface area (Å²) in [6.07, 6.45) is -0.447. The van der Waals surface area contributed by atoms with Crippen molar-refractivity contribution in [1.29, 1.82) is 0 Å². The topological polar surface area (TPSA) is 104 Å². The first kappa shape index (κ1) is 18.6. The highest BCUT2D eigenvalue weighted by atomic mass is 127. The van der Waals surface area contributed by atoms with Crippen LogP contribution in [0.1, 0.15) is 12.8 Å². The van der Waals surface area contributed by atoms with E-state index in [9.17, 15) is 18.0 Å². The first-order valence-corrected chi connectivity index (χ1v) is 11.3. The number of aliphatic imine (C=N–C) groups is 1. The number of carbonyl (C=O) groups excluding carboxylic acids is 1. The van der Waals surface area contributed by atoms with Gasteiger partial charge in [-0.1, -0.05) is 23.9 Å². The molecule has 0 bridgehead atoms. The number of benzene rings is 1. The minimum atomic E-state index is -3.12. The molecule has 0 radical (unpaired) electrons. The summed E-state index contributed by atoms with van der Waals surface area (Å²) >= 11 is 3.45. The number of thioether (sulfide) groups is 1. The zero-order valence-electron chi connectivity index (χ0n) is 13.0. The van der Waals surface area contributed by atoms with Gasteiger partial charge in [0.1, 0.15) is 0 Å². The summed E-state index contributed by atoms with van der Waals surface area (Å²) in [5.74, 6) is -1.48. The van der Waals surface area contributed by atoms with Crippen LogP contribution in [0.25, 0.3) is 0 Å². The second kappa shape index (κ2) is 7.23. The lowest BCUT2D eigenvalue weighted by atomic mass is 10.2. The Morgan fingerprint density at radius 3 is 2.68 bits per heavy atom. The molecule has 2 saturated heterocycles. The van der Waals surface area contributed by atoms with Crippen molar-refractivity contribution in [1.82, 2.24) is 0 Å². The number of sulfone groups is 1. The number of aliphatic carboxylic acids is 1. The first-order valence-electron chi connectivity index (χ1n) is 7.51. The lowest BCUT2D eigenvalue weighted by molar-refractivity contribution is -0.138. The number of hydrogen-bond acceptors (Lipinski definition) is 5. The monoisotopic (exact) mass is 494 g/mol. The van der Waals surface area contributed by atoms with Gasteiger partial charge < -0.3 is 10.0 Å². The van der Waals surface area contributed by atoms with E-state index in [0.29, 0.717) is 5.17 Å². The third-order valence-electron chi connectivity index (χ3n) is 3.95. The van der Waals surface area contributed by atoms with Crippen molar-refractivity contribution in [3.8, 4) is 0 Å². The Morgan fingerprint density at radius 2 is 2.00 bits per heavy atom. The van der Waals surface area contributed by atoms with Gasteiger partial charge in [0.2, 0.25) is 5.91 Å². The van der Waals surface area contributed by atoms with Crippen LogP contribution in [0.15, 0.2) is 29.3 Å². The molecule has 2 aliphatic heterocycles. The molecule has 3 rings (SSSR count). The van der Waals surface area contributed by atoms with Gasteiger partial charge in [-0.05, 0) is 34.7 Å². The smallest absolute Gasteiger partial charge is 0.303 e. The fourth-order valence-corrected chi connectivity index (χ4v) is 7.44. The summed E-state index contributed by atoms with van der Waals surface area (Å²) in [6.45, 7) is 0. The Balaban J connectivity index is 1.94. The van der Waals surface area contributed by atoms with Crippen LogP contribution in [-0.2, 0) is 19.4 Å². The molecule has 0 aromatic heterocycles. The minimum absolute atomic E-state index is 0.0258. The SMILES string of the molecule is O=C(O)CCC(=O)N=C1S[C@H]2CS(=O)(=O)C[C@H]2N1c1ccccc1I. The highest BCUT2D eigenvalue weighted by molar-refractivity contribution is 14.1. The molecule has 1 amide bonds. The molecule has 1 aromatic carbocycles. The van der Waals surface area contributed by atoms with Crippen LogP contribution >= 0.6 is 34.4 Å². The van der Waals surface area contributed by atoms with Crippen molar-refractivity contribution in [3.05, 3.63) is 27.8 Å². The number of amides is 1. The van der Waals surface area contributed by atoms with Crippen molar-refractivity contribution in [2.45, 2.75) is 24.1 Å². The van der Waals surface area contributed by atoms with Crippen LogP contribution in [0.5, 0.6) is 0 Å². The maximum atomic E-state index is 12.0. The average Bonchev–Trinajstić information content (AvgIpc) is 2.97. The van der Waals surface area contributed by atoms with Crippen LogP contribution in [0.3, 0.4) is 0 Å². The van der Waals surface area contributed by atoms with Crippen molar-refractivity contribution < 1.29 is 23.1 Å². The van der Waals surface area contributed by atoms with Gasteiger partial charge in [0.25, 0.3) is 0 Å². The summed E-state index contributed by atoms with van der Waals surface area (Å²) < 4.78 is 24.9. The molecule has 134 valence electrons. The Labute approximate surface area is 162 Å². The molecule has 10 heteroatoms. The third kappa shape index (κ3) is 4.17. The van der Waals surface area contributed by atoms with E-state index in [4.69, 9.17) is 5.11 Å². The van der Waals surface area contributed by atoms with E-state index < -0.39 is 21.7 Å². The molecule has 0 saturated carbocycles. The largest absolute Gasteiger partial charge is 0.481 e. The van der Waals surface area contributed by atoms with E-state index in [0.717, 1.165) is 9.26 Å². The van der Waals surface area contributed by atoms with Crippen molar-refractivity contribution in [2.24, 2.45) is 4.99 Å². The van der Waals surface area contributed by atoms with Gasteiger partial charge in [-0.15, -0.1) is 0 Å². The number of fused-ring (bicyclic) bond motifs is 1. The maximum absolute atomic E-state index is 12.0. The third-order valence-corrected chi connectivity index (χ3v) is 8.07. The Bertz CT molecular complexity index is 855. The van der Waals surface area contributed by atoms with E-state index >= 15 is 0 Å². The van der Waals surface area contributed by atoms with Crippen LogP contribution in [-0.4, -0.2) is 53.4 Å². The van der Waals surface area contributed by atoms with E-state index in [-0.39, 0.29) is 35.6 Å². The van der Waals surface area contributed by atoms with Crippen molar-refractivity contribution >= 4 is 66.9 Å². The fourth-order valence-electron chi connectivity index (χ4n) is 2.87. The molecule has 1 aromatic rings. The molecule has 0 aliphatic carbocycles. The van der Waals surface area contributed by atoms with E-state index in [1.54, 1.807) is 0 Å². The molecule has 2 atom stereocenters. The zero-order chi connectivity index (χ0) is 18.2. The maximum Gasteiger partial charge on any atom is 0.303 e. The highest BCUT2D eigenvalue weighted by Gasteiger charge is 2.49. The molecule has 1 N–H and O–H groups in total. The predicted octanol–water partition coefficient (Wildman–Crippen LogP) is 1.76. The number of carboxylic acid groups (broad SMARTS) is 1. The number of hydrogen-bond donors (Lipinski definition) is 1. The van der Waals surface area contributed by atoms with E-state index in [1.165, 1.54) is 11.8 Å². The van der Waals surface area contributed by atoms with Crippen LogP contribution in [0, 0.1) is 3.57 Å². The summed E-state index contributed by atoms with van der Waals surface area (Å²) in [5, 5.41) is 8.97. The second-order valence-electron chi connectivity index (χ2n) is 5.80. The molecule has 7 nitrogen and oxygen atoms in total. The number of nitrogens with zero attached hydrogens (tertiary/aromatic N) is 2. The molecular weight excluding hydrogens is 479 g/mol. The fraction of sp³-hybridized carbons (Fsp3) is 0.400. The first-order chi connectivity index (χ1) is 11.8. The molecular formula is C15H15IN2O5S2. The molecule has 0 spiro atoms. The molecule has 2 aliphatic rings. The normalized spacial score (nSPS) is 26.0. The summed E-state index contributed by atoms with van der Waals surface area (Å²) in [5.41, 5.74) is 0.810. The average molecular weight is 494 g/mol.